The number of nitrogens with zero attached hydrogens (tertiary/aromatic N) is 1. The molecule has 0 bridgehead atoms. The Balaban J connectivity index is 2.19. The Hall–Kier alpha value is -1.59. The van der Waals surface area contributed by atoms with Crippen LogP contribution in [0.5, 0.6) is 5.75 Å². The van der Waals surface area contributed by atoms with Crippen molar-refractivity contribution in [1.29, 1.82) is 0 Å². The molecular formula is C16H18BrFN2O. The van der Waals surface area contributed by atoms with E-state index in [4.69, 9.17) is 10.5 Å². The fourth-order valence-corrected chi connectivity index (χ4v) is 2.62. The van der Waals surface area contributed by atoms with Crippen LogP contribution in [0.15, 0.2) is 40.9 Å². The molecule has 0 amide bonds. The molecule has 0 saturated heterocycles. The monoisotopic (exact) mass is 352 g/mol. The average Bonchev–Trinajstić information content (AvgIpc) is 2.50. The zero-order valence-electron chi connectivity index (χ0n) is 12.1. The minimum Gasteiger partial charge on any atom is -0.497 e. The molecule has 2 aromatic rings. The van der Waals surface area contributed by atoms with E-state index in [1.807, 2.05) is 42.3 Å². The number of methoxy groups -OCH3 is 1. The molecule has 0 aliphatic rings. The lowest BCUT2D eigenvalue weighted by molar-refractivity contribution is 0.414. The molecule has 0 heterocycles. The first-order valence-electron chi connectivity index (χ1n) is 6.57. The van der Waals surface area contributed by atoms with Gasteiger partial charge < -0.3 is 15.4 Å². The molecule has 0 atom stereocenters. The van der Waals surface area contributed by atoms with Crippen molar-refractivity contribution in [1.82, 2.24) is 0 Å². The van der Waals surface area contributed by atoms with Gasteiger partial charge in [0, 0.05) is 20.1 Å². The van der Waals surface area contributed by atoms with Crippen molar-refractivity contribution in [2.75, 3.05) is 19.1 Å². The molecule has 112 valence electrons. The van der Waals surface area contributed by atoms with E-state index in [1.54, 1.807) is 13.2 Å². The van der Waals surface area contributed by atoms with E-state index >= 15 is 0 Å². The molecule has 0 saturated carbocycles. The van der Waals surface area contributed by atoms with Gasteiger partial charge in [0.15, 0.2) is 5.82 Å². The fourth-order valence-electron chi connectivity index (χ4n) is 2.12. The van der Waals surface area contributed by atoms with Crippen LogP contribution in [0.25, 0.3) is 0 Å². The molecule has 2 aromatic carbocycles. The summed E-state index contributed by atoms with van der Waals surface area (Å²) in [6.45, 7) is 0.912. The van der Waals surface area contributed by atoms with Crippen molar-refractivity contribution in [3.63, 3.8) is 0 Å². The van der Waals surface area contributed by atoms with Crippen molar-refractivity contribution in [3.8, 4) is 5.75 Å². The average molecular weight is 353 g/mol. The van der Waals surface area contributed by atoms with Gasteiger partial charge in [-0.25, -0.2) is 4.39 Å². The van der Waals surface area contributed by atoms with Crippen LogP contribution in [0.4, 0.5) is 10.1 Å². The molecule has 0 aliphatic heterocycles. The van der Waals surface area contributed by atoms with Gasteiger partial charge in [0.1, 0.15) is 5.75 Å². The predicted octanol–water partition coefficient (Wildman–Crippen LogP) is 3.69. The molecule has 0 aliphatic carbocycles. The lowest BCUT2D eigenvalue weighted by Gasteiger charge is -2.21. The van der Waals surface area contributed by atoms with Crippen molar-refractivity contribution in [3.05, 3.63) is 57.8 Å². The van der Waals surface area contributed by atoms with Crippen LogP contribution in [0.1, 0.15) is 11.1 Å². The molecule has 2 rings (SSSR count). The summed E-state index contributed by atoms with van der Waals surface area (Å²) in [5.74, 6) is 0.525. The topological polar surface area (TPSA) is 38.5 Å². The molecule has 0 radical (unpaired) electrons. The number of rotatable bonds is 5. The van der Waals surface area contributed by atoms with E-state index in [0.29, 0.717) is 23.2 Å². The van der Waals surface area contributed by atoms with Crippen LogP contribution in [0, 0.1) is 5.82 Å². The SMILES string of the molecule is COc1ccc(CN(C)c2ccc(CN)c(Br)c2F)cc1. The normalized spacial score (nSPS) is 10.5. The van der Waals surface area contributed by atoms with Gasteiger partial charge in [0.05, 0.1) is 17.3 Å². The first kappa shape index (κ1) is 15.8. The standard InChI is InChI=1S/C16H18BrFN2O/c1-20(10-11-3-6-13(21-2)7-4-11)14-8-5-12(9-19)15(17)16(14)18/h3-8H,9-10,19H2,1-2H3. The molecule has 0 fully saturated rings. The molecule has 0 spiro atoms. The molecule has 2 N–H and O–H groups in total. The molecule has 21 heavy (non-hydrogen) atoms. The molecule has 0 unspecified atom stereocenters. The van der Waals surface area contributed by atoms with Crippen LogP contribution in [0.2, 0.25) is 0 Å². The summed E-state index contributed by atoms with van der Waals surface area (Å²) in [6.07, 6.45) is 0. The zero-order valence-corrected chi connectivity index (χ0v) is 13.7. The highest BCUT2D eigenvalue weighted by Gasteiger charge is 2.14. The number of anilines is 1. The summed E-state index contributed by atoms with van der Waals surface area (Å²) >= 11 is 3.27. The fraction of sp³-hybridized carbons (Fsp3) is 0.250. The summed E-state index contributed by atoms with van der Waals surface area (Å²) < 4.78 is 19.9. The van der Waals surface area contributed by atoms with E-state index < -0.39 is 0 Å². The Kier molecular flexibility index (Phi) is 5.20. The van der Waals surface area contributed by atoms with Crippen LogP contribution < -0.4 is 15.4 Å². The van der Waals surface area contributed by atoms with Crippen LogP contribution in [-0.4, -0.2) is 14.2 Å². The largest absolute Gasteiger partial charge is 0.497 e. The Bertz CT molecular complexity index is 616. The summed E-state index contributed by atoms with van der Waals surface area (Å²) in [4.78, 5) is 1.86. The number of benzene rings is 2. The summed E-state index contributed by atoms with van der Waals surface area (Å²) in [5.41, 5.74) is 7.95. The number of hydrogen-bond acceptors (Lipinski definition) is 3. The quantitative estimate of drug-likeness (QED) is 0.891. The van der Waals surface area contributed by atoms with Gasteiger partial charge in [-0.2, -0.15) is 0 Å². The van der Waals surface area contributed by atoms with Gasteiger partial charge in [-0.15, -0.1) is 0 Å². The minimum atomic E-state index is -0.283. The first-order chi connectivity index (χ1) is 10.1. The van der Waals surface area contributed by atoms with Gasteiger partial charge in [0.2, 0.25) is 0 Å². The maximum absolute atomic E-state index is 14.4. The number of ether oxygens (including phenoxy) is 1. The highest BCUT2D eigenvalue weighted by Crippen LogP contribution is 2.29. The van der Waals surface area contributed by atoms with E-state index in [9.17, 15) is 4.39 Å². The zero-order chi connectivity index (χ0) is 15.4. The molecule has 5 heteroatoms. The second-order valence-corrected chi connectivity index (χ2v) is 5.57. The smallest absolute Gasteiger partial charge is 0.160 e. The van der Waals surface area contributed by atoms with Crippen LogP contribution in [0.3, 0.4) is 0 Å². The first-order valence-corrected chi connectivity index (χ1v) is 7.37. The predicted molar refractivity (Wildman–Crippen MR) is 87.1 cm³/mol. The van der Waals surface area contributed by atoms with E-state index in [1.165, 1.54) is 0 Å². The highest BCUT2D eigenvalue weighted by molar-refractivity contribution is 9.10. The molecule has 0 aromatic heterocycles. The second-order valence-electron chi connectivity index (χ2n) is 4.78. The Morgan fingerprint density at radius 2 is 1.86 bits per heavy atom. The van der Waals surface area contributed by atoms with E-state index in [2.05, 4.69) is 15.9 Å². The molecular weight excluding hydrogens is 335 g/mol. The van der Waals surface area contributed by atoms with E-state index in [0.717, 1.165) is 16.9 Å². The number of hydrogen-bond donors (Lipinski definition) is 1. The summed E-state index contributed by atoms with van der Waals surface area (Å²) in [7, 11) is 3.49. The minimum absolute atomic E-state index is 0.283. The Morgan fingerprint density at radius 1 is 1.19 bits per heavy atom. The summed E-state index contributed by atoms with van der Waals surface area (Å²) in [5, 5.41) is 0. The van der Waals surface area contributed by atoms with Gasteiger partial charge in [0.25, 0.3) is 0 Å². The lowest BCUT2D eigenvalue weighted by Crippen LogP contribution is -2.18. The third kappa shape index (κ3) is 3.54. The van der Waals surface area contributed by atoms with Crippen molar-refractivity contribution in [2.45, 2.75) is 13.1 Å². The van der Waals surface area contributed by atoms with Crippen LogP contribution in [-0.2, 0) is 13.1 Å². The maximum Gasteiger partial charge on any atom is 0.160 e. The lowest BCUT2D eigenvalue weighted by atomic mass is 10.1. The van der Waals surface area contributed by atoms with E-state index in [-0.39, 0.29) is 5.82 Å². The van der Waals surface area contributed by atoms with Crippen LogP contribution >= 0.6 is 15.9 Å². The number of halogens is 2. The van der Waals surface area contributed by atoms with Gasteiger partial charge in [-0.1, -0.05) is 18.2 Å². The van der Waals surface area contributed by atoms with Crippen molar-refractivity contribution < 1.29 is 9.13 Å². The van der Waals surface area contributed by atoms with Gasteiger partial charge in [-0.05, 0) is 45.3 Å². The maximum atomic E-state index is 14.4. The Morgan fingerprint density at radius 3 is 2.43 bits per heavy atom. The third-order valence-electron chi connectivity index (χ3n) is 3.35. The molecule has 3 nitrogen and oxygen atoms in total. The van der Waals surface area contributed by atoms with Gasteiger partial charge >= 0.3 is 0 Å². The van der Waals surface area contributed by atoms with Crippen molar-refractivity contribution in [2.24, 2.45) is 5.73 Å². The second kappa shape index (κ2) is 6.91. The Labute approximate surface area is 132 Å². The third-order valence-corrected chi connectivity index (χ3v) is 4.21. The summed E-state index contributed by atoms with van der Waals surface area (Å²) in [6, 6.07) is 11.3. The number of nitrogens with two attached hydrogens (primary N) is 1. The van der Waals surface area contributed by atoms with Crippen molar-refractivity contribution >= 4 is 21.6 Å². The highest BCUT2D eigenvalue weighted by atomic mass is 79.9. The van der Waals surface area contributed by atoms with Gasteiger partial charge in [-0.3, -0.25) is 0 Å².